The first-order valence-electron chi connectivity index (χ1n) is 9.92. The van der Waals surface area contributed by atoms with Gasteiger partial charge in [-0.25, -0.2) is 4.98 Å². The first kappa shape index (κ1) is 17.0. The molecule has 140 valence electrons. The van der Waals surface area contributed by atoms with Gasteiger partial charge < -0.3 is 10.1 Å². The van der Waals surface area contributed by atoms with Gasteiger partial charge in [0.1, 0.15) is 5.65 Å². The Bertz CT molecular complexity index is 1090. The first-order chi connectivity index (χ1) is 13.8. The highest BCUT2D eigenvalue weighted by Gasteiger charge is 2.19. The van der Waals surface area contributed by atoms with E-state index in [0.29, 0.717) is 0 Å². The van der Waals surface area contributed by atoms with Crippen molar-refractivity contribution in [2.45, 2.75) is 19.4 Å². The number of imidazole rings is 1. The van der Waals surface area contributed by atoms with E-state index >= 15 is 0 Å². The van der Waals surface area contributed by atoms with Gasteiger partial charge >= 0.3 is 0 Å². The minimum atomic E-state index is 0.763. The van der Waals surface area contributed by atoms with Gasteiger partial charge in [-0.1, -0.05) is 54.6 Å². The normalized spacial score (nSPS) is 14.7. The van der Waals surface area contributed by atoms with E-state index in [0.717, 1.165) is 42.2 Å². The Morgan fingerprint density at radius 2 is 1.46 bits per heavy atom. The van der Waals surface area contributed by atoms with Gasteiger partial charge in [-0.3, -0.25) is 4.90 Å². The summed E-state index contributed by atoms with van der Waals surface area (Å²) in [5.41, 5.74) is 13.7. The van der Waals surface area contributed by atoms with E-state index < -0.39 is 0 Å². The van der Waals surface area contributed by atoms with E-state index in [1.165, 1.54) is 29.7 Å². The lowest BCUT2D eigenvalue weighted by Crippen LogP contribution is -2.20. The number of likely N-dealkylation sites (tertiary alicyclic amines) is 1. The molecule has 4 nitrogen and oxygen atoms in total. The van der Waals surface area contributed by atoms with E-state index in [1.807, 2.05) is 24.4 Å². The Balaban J connectivity index is 1.57. The molecular formula is C24H24N4. The van der Waals surface area contributed by atoms with Crippen molar-refractivity contribution in [1.82, 2.24) is 14.3 Å². The second-order valence-electron chi connectivity index (χ2n) is 7.52. The Morgan fingerprint density at radius 3 is 2.21 bits per heavy atom. The van der Waals surface area contributed by atoms with Crippen molar-refractivity contribution in [3.63, 3.8) is 0 Å². The van der Waals surface area contributed by atoms with Crippen molar-refractivity contribution in [2.75, 3.05) is 18.8 Å². The van der Waals surface area contributed by atoms with Gasteiger partial charge in [0.25, 0.3) is 0 Å². The minimum absolute atomic E-state index is 0.763. The number of hydrogen-bond donors (Lipinski definition) is 1. The predicted octanol–water partition coefficient (Wildman–Crippen LogP) is 4.85. The minimum Gasteiger partial charge on any atom is -0.398 e. The van der Waals surface area contributed by atoms with Gasteiger partial charge in [-0.15, -0.1) is 0 Å². The maximum Gasteiger partial charge on any atom is 0.137 e. The molecule has 1 aliphatic heterocycles. The maximum absolute atomic E-state index is 6.07. The molecule has 0 spiro atoms. The zero-order valence-corrected chi connectivity index (χ0v) is 15.9. The molecule has 0 atom stereocenters. The van der Waals surface area contributed by atoms with E-state index in [4.69, 9.17) is 10.7 Å². The number of anilines is 1. The van der Waals surface area contributed by atoms with Crippen LogP contribution < -0.4 is 5.73 Å². The van der Waals surface area contributed by atoms with Crippen LogP contribution in [0.25, 0.3) is 28.0 Å². The quantitative estimate of drug-likeness (QED) is 0.560. The van der Waals surface area contributed by atoms with E-state index in [2.05, 4.69) is 57.8 Å². The standard InChI is InChI=1S/C24H24N4/c25-21-12-13-23-26-24(22(28(23)16-21)17-27-14-4-5-15-27)20-10-8-19(9-11-20)18-6-2-1-3-7-18/h1-3,6-13,16H,4-5,14-15,17,25H2. The summed E-state index contributed by atoms with van der Waals surface area (Å²) >= 11 is 0. The summed E-state index contributed by atoms with van der Waals surface area (Å²) in [5.74, 6) is 0. The molecule has 0 amide bonds. The Morgan fingerprint density at radius 1 is 0.786 bits per heavy atom. The lowest BCUT2D eigenvalue weighted by molar-refractivity contribution is 0.327. The van der Waals surface area contributed by atoms with Crippen molar-refractivity contribution in [3.8, 4) is 22.4 Å². The van der Waals surface area contributed by atoms with Gasteiger partial charge in [-0.05, 0) is 49.2 Å². The van der Waals surface area contributed by atoms with Crippen LogP contribution in [0.1, 0.15) is 18.5 Å². The van der Waals surface area contributed by atoms with Crippen molar-refractivity contribution in [2.24, 2.45) is 0 Å². The molecule has 2 aromatic heterocycles. The summed E-state index contributed by atoms with van der Waals surface area (Å²) in [4.78, 5) is 7.46. The highest BCUT2D eigenvalue weighted by atomic mass is 15.2. The third kappa shape index (κ3) is 3.16. The van der Waals surface area contributed by atoms with Crippen molar-refractivity contribution >= 4 is 11.3 Å². The fraction of sp³-hybridized carbons (Fsp3) is 0.208. The summed E-state index contributed by atoms with van der Waals surface area (Å²) in [6.07, 6.45) is 4.55. The molecule has 4 heteroatoms. The topological polar surface area (TPSA) is 46.6 Å². The van der Waals surface area contributed by atoms with Gasteiger partial charge in [0, 0.05) is 24.0 Å². The average molecular weight is 368 g/mol. The number of nitrogen functional groups attached to an aromatic ring is 1. The van der Waals surface area contributed by atoms with E-state index in [1.54, 1.807) is 0 Å². The highest BCUT2D eigenvalue weighted by Crippen LogP contribution is 2.29. The zero-order valence-electron chi connectivity index (χ0n) is 15.9. The molecule has 28 heavy (non-hydrogen) atoms. The Kier molecular flexibility index (Phi) is 4.34. The smallest absolute Gasteiger partial charge is 0.137 e. The van der Waals surface area contributed by atoms with Gasteiger partial charge in [0.05, 0.1) is 11.4 Å². The molecule has 0 bridgehead atoms. The Hall–Kier alpha value is -3.11. The van der Waals surface area contributed by atoms with Crippen LogP contribution >= 0.6 is 0 Å². The SMILES string of the molecule is Nc1ccc2nc(-c3ccc(-c4ccccc4)cc3)c(CN3CCCC3)n2c1. The second-order valence-corrected chi connectivity index (χ2v) is 7.52. The molecule has 2 aromatic carbocycles. The van der Waals surface area contributed by atoms with Crippen LogP contribution in [0, 0.1) is 0 Å². The Labute approximate surface area is 165 Å². The number of fused-ring (bicyclic) bond motifs is 1. The molecule has 2 N–H and O–H groups in total. The molecular weight excluding hydrogens is 344 g/mol. The lowest BCUT2D eigenvalue weighted by Gasteiger charge is -2.16. The third-order valence-corrected chi connectivity index (χ3v) is 5.58. The number of rotatable bonds is 4. The number of nitrogens with two attached hydrogens (primary N) is 1. The summed E-state index contributed by atoms with van der Waals surface area (Å²) in [7, 11) is 0. The van der Waals surface area contributed by atoms with Crippen LogP contribution in [0.5, 0.6) is 0 Å². The number of hydrogen-bond acceptors (Lipinski definition) is 3. The van der Waals surface area contributed by atoms with Crippen LogP contribution in [0.4, 0.5) is 5.69 Å². The molecule has 0 saturated carbocycles. The largest absolute Gasteiger partial charge is 0.398 e. The molecule has 3 heterocycles. The second kappa shape index (κ2) is 7.13. The number of pyridine rings is 1. The summed E-state index contributed by atoms with van der Waals surface area (Å²) in [5, 5.41) is 0. The summed E-state index contributed by atoms with van der Waals surface area (Å²) in [6.45, 7) is 3.21. The molecule has 1 aliphatic rings. The summed E-state index contributed by atoms with van der Waals surface area (Å²) in [6, 6.07) is 23.1. The van der Waals surface area contributed by atoms with Crippen LogP contribution in [0.2, 0.25) is 0 Å². The molecule has 0 radical (unpaired) electrons. The summed E-state index contributed by atoms with van der Waals surface area (Å²) < 4.78 is 2.16. The monoisotopic (exact) mass is 368 g/mol. The van der Waals surface area contributed by atoms with E-state index in [-0.39, 0.29) is 0 Å². The van der Waals surface area contributed by atoms with Crippen molar-refractivity contribution in [3.05, 3.63) is 78.6 Å². The average Bonchev–Trinajstić information content (AvgIpc) is 3.37. The fourth-order valence-electron chi connectivity index (χ4n) is 4.10. The van der Waals surface area contributed by atoms with Crippen LogP contribution in [-0.4, -0.2) is 27.4 Å². The molecule has 4 aromatic rings. The van der Waals surface area contributed by atoms with Crippen LogP contribution in [0.15, 0.2) is 72.9 Å². The molecule has 0 aliphatic carbocycles. The molecule has 0 unspecified atom stereocenters. The van der Waals surface area contributed by atoms with Crippen LogP contribution in [-0.2, 0) is 6.54 Å². The van der Waals surface area contributed by atoms with E-state index in [9.17, 15) is 0 Å². The molecule has 1 saturated heterocycles. The third-order valence-electron chi connectivity index (χ3n) is 5.58. The fourth-order valence-corrected chi connectivity index (χ4v) is 4.10. The molecule has 1 fully saturated rings. The highest BCUT2D eigenvalue weighted by molar-refractivity contribution is 5.72. The maximum atomic E-state index is 6.07. The molecule has 5 rings (SSSR count). The van der Waals surface area contributed by atoms with Gasteiger partial charge in [0.15, 0.2) is 0 Å². The number of benzene rings is 2. The number of aromatic nitrogens is 2. The first-order valence-corrected chi connectivity index (χ1v) is 9.92. The zero-order chi connectivity index (χ0) is 18.9. The lowest BCUT2D eigenvalue weighted by atomic mass is 10.0. The van der Waals surface area contributed by atoms with Crippen molar-refractivity contribution in [1.29, 1.82) is 0 Å². The van der Waals surface area contributed by atoms with Crippen LogP contribution in [0.3, 0.4) is 0 Å². The number of nitrogens with zero attached hydrogens (tertiary/aromatic N) is 3. The predicted molar refractivity (Wildman–Crippen MR) is 115 cm³/mol. The van der Waals surface area contributed by atoms with Crippen molar-refractivity contribution < 1.29 is 0 Å². The van der Waals surface area contributed by atoms with Gasteiger partial charge in [-0.2, -0.15) is 0 Å². The van der Waals surface area contributed by atoms with Gasteiger partial charge in [0.2, 0.25) is 0 Å².